The van der Waals surface area contributed by atoms with Crippen LogP contribution in [0.5, 0.6) is 0 Å². The molecule has 1 aromatic heterocycles. The number of benzene rings is 2. The average Bonchev–Trinajstić information content (AvgIpc) is 2.92. The second-order valence-corrected chi connectivity index (χ2v) is 11.0. The van der Waals surface area contributed by atoms with Crippen LogP contribution in [0.2, 0.25) is 5.02 Å². The standard InChI is InChI=1S/C28H33ClN6OS/c1-21-18-26(34-16-14-33(15-17-34)25-9-4-3-8-24(25)29)31-28(30-21)37-20-22-6-5-7-23(19-22)27(36)35-12-10-32(2)11-13-35/h3-9,18-19H,10-17,20H2,1-2H3. The Bertz CT molecular complexity index is 1240. The average molecular weight is 537 g/mol. The molecular formula is C28H33ClN6OS. The van der Waals surface area contributed by atoms with E-state index in [4.69, 9.17) is 16.6 Å². The van der Waals surface area contributed by atoms with Gasteiger partial charge in [0.2, 0.25) is 0 Å². The zero-order chi connectivity index (χ0) is 25.8. The topological polar surface area (TPSA) is 55.8 Å². The highest BCUT2D eigenvalue weighted by atomic mass is 35.5. The first-order valence-electron chi connectivity index (χ1n) is 12.8. The zero-order valence-electron chi connectivity index (χ0n) is 21.4. The van der Waals surface area contributed by atoms with Gasteiger partial charge in [-0.1, -0.05) is 47.6 Å². The molecule has 37 heavy (non-hydrogen) atoms. The number of carbonyl (C=O) groups excluding carboxylic acids is 1. The lowest BCUT2D eigenvalue weighted by atomic mass is 10.1. The van der Waals surface area contributed by atoms with Crippen LogP contribution in [0.25, 0.3) is 0 Å². The van der Waals surface area contributed by atoms with Crippen LogP contribution in [0.4, 0.5) is 11.5 Å². The van der Waals surface area contributed by atoms with Gasteiger partial charge in [-0.15, -0.1) is 0 Å². The van der Waals surface area contributed by atoms with Gasteiger partial charge < -0.3 is 19.6 Å². The van der Waals surface area contributed by atoms with Crippen molar-refractivity contribution in [3.05, 3.63) is 76.4 Å². The molecule has 0 aliphatic carbocycles. The lowest BCUT2D eigenvalue weighted by Gasteiger charge is -2.37. The fourth-order valence-electron chi connectivity index (χ4n) is 4.77. The molecule has 0 bridgehead atoms. The van der Waals surface area contributed by atoms with E-state index in [1.165, 1.54) is 0 Å². The number of nitrogens with zero attached hydrogens (tertiary/aromatic N) is 6. The minimum Gasteiger partial charge on any atom is -0.367 e. The van der Waals surface area contributed by atoms with E-state index in [-0.39, 0.29) is 5.91 Å². The Morgan fingerprint density at radius 1 is 0.892 bits per heavy atom. The summed E-state index contributed by atoms with van der Waals surface area (Å²) in [6.07, 6.45) is 0. The predicted molar refractivity (Wildman–Crippen MR) is 152 cm³/mol. The molecule has 194 valence electrons. The Morgan fingerprint density at radius 3 is 2.38 bits per heavy atom. The number of carbonyl (C=O) groups is 1. The van der Waals surface area contributed by atoms with Crippen LogP contribution in [0, 0.1) is 6.92 Å². The van der Waals surface area contributed by atoms with Crippen molar-refractivity contribution >= 4 is 40.8 Å². The summed E-state index contributed by atoms with van der Waals surface area (Å²) >= 11 is 8.02. The van der Waals surface area contributed by atoms with E-state index in [0.717, 1.165) is 90.9 Å². The van der Waals surface area contributed by atoms with Gasteiger partial charge in [-0.05, 0) is 43.8 Å². The predicted octanol–water partition coefficient (Wildman–Crippen LogP) is 4.44. The molecule has 0 radical (unpaired) electrons. The minimum atomic E-state index is 0.116. The summed E-state index contributed by atoms with van der Waals surface area (Å²) in [6.45, 7) is 8.95. The fourth-order valence-corrected chi connectivity index (χ4v) is 5.87. The highest BCUT2D eigenvalue weighted by molar-refractivity contribution is 7.98. The zero-order valence-corrected chi connectivity index (χ0v) is 23.0. The van der Waals surface area contributed by atoms with Crippen LogP contribution in [-0.2, 0) is 5.75 Å². The van der Waals surface area contributed by atoms with Gasteiger partial charge in [0.05, 0.1) is 10.7 Å². The summed E-state index contributed by atoms with van der Waals surface area (Å²) in [6, 6.07) is 18.0. The van der Waals surface area contributed by atoms with Crippen LogP contribution >= 0.6 is 23.4 Å². The molecule has 0 N–H and O–H groups in total. The molecule has 9 heteroatoms. The molecule has 0 saturated carbocycles. The maximum atomic E-state index is 13.0. The quantitative estimate of drug-likeness (QED) is 0.341. The summed E-state index contributed by atoms with van der Waals surface area (Å²) < 4.78 is 0. The van der Waals surface area contributed by atoms with Gasteiger partial charge in [0.25, 0.3) is 5.91 Å². The Hall–Kier alpha value is -2.81. The fraction of sp³-hybridized carbons (Fsp3) is 0.393. The number of anilines is 2. The summed E-state index contributed by atoms with van der Waals surface area (Å²) in [5, 5.41) is 1.56. The third-order valence-corrected chi connectivity index (χ3v) is 8.19. The lowest BCUT2D eigenvalue weighted by Crippen LogP contribution is -2.47. The van der Waals surface area contributed by atoms with Crippen LogP contribution < -0.4 is 9.80 Å². The Morgan fingerprint density at radius 2 is 1.62 bits per heavy atom. The third kappa shape index (κ3) is 6.37. The van der Waals surface area contributed by atoms with Crippen molar-refractivity contribution in [2.45, 2.75) is 17.8 Å². The normalized spacial score (nSPS) is 16.8. The van der Waals surface area contributed by atoms with E-state index in [9.17, 15) is 4.79 Å². The molecule has 1 amide bonds. The van der Waals surface area contributed by atoms with E-state index < -0.39 is 0 Å². The highest BCUT2D eigenvalue weighted by Gasteiger charge is 2.22. The molecule has 0 unspecified atom stereocenters. The van der Waals surface area contributed by atoms with Crippen molar-refractivity contribution < 1.29 is 4.79 Å². The van der Waals surface area contributed by atoms with Gasteiger partial charge in [-0.2, -0.15) is 0 Å². The van der Waals surface area contributed by atoms with E-state index >= 15 is 0 Å². The van der Waals surface area contributed by atoms with Crippen molar-refractivity contribution in [1.29, 1.82) is 0 Å². The van der Waals surface area contributed by atoms with E-state index in [2.05, 4.69) is 44.9 Å². The molecule has 2 aromatic carbocycles. The molecule has 7 nitrogen and oxygen atoms in total. The van der Waals surface area contributed by atoms with Crippen molar-refractivity contribution in [3.8, 4) is 0 Å². The number of amides is 1. The number of likely N-dealkylation sites (N-methyl/N-ethyl adjacent to an activating group) is 1. The number of aryl methyl sites for hydroxylation is 1. The van der Waals surface area contributed by atoms with Gasteiger partial charge in [-0.25, -0.2) is 9.97 Å². The van der Waals surface area contributed by atoms with Crippen molar-refractivity contribution in [3.63, 3.8) is 0 Å². The second-order valence-electron chi connectivity index (χ2n) is 9.66. The van der Waals surface area contributed by atoms with Crippen molar-refractivity contribution in [2.24, 2.45) is 0 Å². The minimum absolute atomic E-state index is 0.116. The van der Waals surface area contributed by atoms with Gasteiger partial charge in [0.1, 0.15) is 5.82 Å². The number of para-hydroxylation sites is 1. The molecule has 2 aliphatic heterocycles. The molecule has 3 heterocycles. The molecular weight excluding hydrogens is 504 g/mol. The summed E-state index contributed by atoms with van der Waals surface area (Å²) in [7, 11) is 2.10. The number of aromatic nitrogens is 2. The van der Waals surface area contributed by atoms with Gasteiger partial charge in [-0.3, -0.25) is 4.79 Å². The number of hydrogen-bond donors (Lipinski definition) is 0. The maximum Gasteiger partial charge on any atom is 0.253 e. The largest absolute Gasteiger partial charge is 0.367 e. The Balaban J connectivity index is 1.21. The van der Waals surface area contributed by atoms with Crippen LogP contribution in [-0.4, -0.2) is 85.1 Å². The first kappa shape index (κ1) is 25.8. The van der Waals surface area contributed by atoms with Gasteiger partial charge in [0, 0.05) is 75.4 Å². The lowest BCUT2D eigenvalue weighted by molar-refractivity contribution is 0.0664. The van der Waals surface area contributed by atoms with Crippen LogP contribution in [0.1, 0.15) is 21.6 Å². The number of rotatable bonds is 6. The van der Waals surface area contributed by atoms with E-state index in [1.807, 2.05) is 48.2 Å². The molecule has 2 saturated heterocycles. The molecule has 3 aromatic rings. The maximum absolute atomic E-state index is 13.0. The number of piperazine rings is 2. The van der Waals surface area contributed by atoms with Crippen molar-refractivity contribution in [1.82, 2.24) is 19.8 Å². The van der Waals surface area contributed by atoms with E-state index in [1.54, 1.807) is 11.8 Å². The van der Waals surface area contributed by atoms with Crippen LogP contribution in [0.15, 0.2) is 59.8 Å². The smallest absolute Gasteiger partial charge is 0.253 e. The first-order valence-corrected chi connectivity index (χ1v) is 14.1. The third-order valence-electron chi connectivity index (χ3n) is 6.95. The summed E-state index contributed by atoms with van der Waals surface area (Å²) in [5.74, 6) is 1.80. The molecule has 2 fully saturated rings. The van der Waals surface area contributed by atoms with E-state index in [0.29, 0.717) is 5.75 Å². The Kier molecular flexibility index (Phi) is 8.17. The second kappa shape index (κ2) is 11.7. The van der Waals surface area contributed by atoms with Gasteiger partial charge in [0.15, 0.2) is 5.16 Å². The molecule has 5 rings (SSSR count). The highest BCUT2D eigenvalue weighted by Crippen LogP contribution is 2.28. The first-order chi connectivity index (χ1) is 18.0. The number of halogens is 1. The SMILES string of the molecule is Cc1cc(N2CCN(c3ccccc3Cl)CC2)nc(SCc2cccc(C(=O)N3CCN(C)CC3)c2)n1. The number of thioether (sulfide) groups is 1. The summed E-state index contributed by atoms with van der Waals surface area (Å²) in [5.41, 5.74) is 3.90. The summed E-state index contributed by atoms with van der Waals surface area (Å²) in [4.78, 5) is 31.4. The number of hydrogen-bond acceptors (Lipinski definition) is 7. The monoisotopic (exact) mass is 536 g/mol. The molecule has 0 spiro atoms. The van der Waals surface area contributed by atoms with Crippen molar-refractivity contribution in [2.75, 3.05) is 69.2 Å². The van der Waals surface area contributed by atoms with Crippen LogP contribution in [0.3, 0.4) is 0 Å². The Labute approximate surface area is 228 Å². The molecule has 0 atom stereocenters. The van der Waals surface area contributed by atoms with Gasteiger partial charge >= 0.3 is 0 Å². The molecule has 2 aliphatic rings.